The third-order valence-corrected chi connectivity index (χ3v) is 4.90. The van der Waals surface area contributed by atoms with Crippen LogP contribution in [0.2, 0.25) is 0 Å². The van der Waals surface area contributed by atoms with Gasteiger partial charge in [-0.05, 0) is 63.4 Å². The smallest absolute Gasteiger partial charge is 0.251 e. The Morgan fingerprint density at radius 1 is 1.19 bits per heavy atom. The summed E-state index contributed by atoms with van der Waals surface area (Å²) < 4.78 is 7.78. The molecule has 1 aliphatic rings. The highest BCUT2D eigenvalue weighted by Crippen LogP contribution is 2.20. The van der Waals surface area contributed by atoms with E-state index in [9.17, 15) is 4.79 Å². The van der Waals surface area contributed by atoms with Crippen LogP contribution >= 0.6 is 0 Å². The molecule has 26 heavy (non-hydrogen) atoms. The highest BCUT2D eigenvalue weighted by Gasteiger charge is 2.13. The molecule has 0 spiro atoms. The number of nitrogens with zero attached hydrogens (tertiary/aromatic N) is 2. The highest BCUT2D eigenvalue weighted by atomic mass is 16.5. The number of hydrogen-bond donors (Lipinski definition) is 1. The summed E-state index contributed by atoms with van der Waals surface area (Å²) in [7, 11) is 0. The Balaban J connectivity index is 1.42. The summed E-state index contributed by atoms with van der Waals surface area (Å²) in [4.78, 5) is 12.3. The van der Waals surface area contributed by atoms with Gasteiger partial charge < -0.3 is 10.1 Å². The number of rotatable bonds is 7. The van der Waals surface area contributed by atoms with Gasteiger partial charge in [0.15, 0.2) is 0 Å². The molecule has 1 aliphatic carbocycles. The van der Waals surface area contributed by atoms with Crippen LogP contribution in [0.15, 0.2) is 30.3 Å². The van der Waals surface area contributed by atoms with E-state index < -0.39 is 0 Å². The summed E-state index contributed by atoms with van der Waals surface area (Å²) in [5.74, 6) is -0.0393. The molecule has 0 unspecified atom stereocenters. The molecule has 1 amide bonds. The van der Waals surface area contributed by atoms with Crippen LogP contribution < -0.4 is 5.32 Å². The van der Waals surface area contributed by atoms with Crippen LogP contribution in [0.4, 0.5) is 0 Å². The minimum absolute atomic E-state index is 0.0393. The molecule has 0 bridgehead atoms. The molecule has 0 aliphatic heterocycles. The summed E-state index contributed by atoms with van der Waals surface area (Å²) >= 11 is 0. The Kier molecular flexibility index (Phi) is 6.45. The van der Waals surface area contributed by atoms with Crippen molar-refractivity contribution in [3.8, 4) is 5.69 Å². The van der Waals surface area contributed by atoms with Crippen LogP contribution in [0.1, 0.15) is 60.3 Å². The van der Waals surface area contributed by atoms with Gasteiger partial charge in [-0.2, -0.15) is 5.10 Å². The summed E-state index contributed by atoms with van der Waals surface area (Å²) in [5.41, 5.74) is 3.70. The van der Waals surface area contributed by atoms with Crippen molar-refractivity contribution in [2.24, 2.45) is 0 Å². The molecule has 0 radical (unpaired) electrons. The molecule has 1 aromatic carbocycles. The van der Waals surface area contributed by atoms with E-state index in [1.54, 1.807) is 0 Å². The van der Waals surface area contributed by atoms with Crippen molar-refractivity contribution < 1.29 is 9.53 Å². The molecule has 1 N–H and O–H groups in total. The number of hydrogen-bond acceptors (Lipinski definition) is 3. The fourth-order valence-corrected chi connectivity index (χ4v) is 3.50. The highest BCUT2D eigenvalue weighted by molar-refractivity contribution is 5.94. The van der Waals surface area contributed by atoms with E-state index in [2.05, 4.69) is 10.4 Å². The number of aromatic nitrogens is 2. The Bertz CT molecular complexity index is 715. The van der Waals surface area contributed by atoms with Crippen molar-refractivity contribution >= 4 is 5.91 Å². The minimum Gasteiger partial charge on any atom is -0.378 e. The normalized spacial score (nSPS) is 15.2. The molecule has 5 heteroatoms. The first-order chi connectivity index (χ1) is 12.6. The van der Waals surface area contributed by atoms with Gasteiger partial charge in [0, 0.05) is 24.4 Å². The summed E-state index contributed by atoms with van der Waals surface area (Å²) in [5, 5.41) is 7.44. The Morgan fingerprint density at radius 3 is 2.58 bits per heavy atom. The number of aryl methyl sites for hydroxylation is 2. The second kappa shape index (κ2) is 8.99. The second-order valence-corrected chi connectivity index (χ2v) is 7.13. The van der Waals surface area contributed by atoms with Crippen LogP contribution in [-0.2, 0) is 4.74 Å². The largest absolute Gasteiger partial charge is 0.378 e. The molecule has 1 aromatic heterocycles. The summed E-state index contributed by atoms with van der Waals surface area (Å²) in [6, 6.07) is 9.59. The Morgan fingerprint density at radius 2 is 1.92 bits per heavy atom. The third-order valence-electron chi connectivity index (χ3n) is 4.90. The van der Waals surface area contributed by atoms with Gasteiger partial charge in [0.25, 0.3) is 5.91 Å². The van der Waals surface area contributed by atoms with Gasteiger partial charge in [0.1, 0.15) is 0 Å². The summed E-state index contributed by atoms with van der Waals surface area (Å²) in [6.07, 6.45) is 7.58. The molecule has 1 heterocycles. The molecule has 1 fully saturated rings. The van der Waals surface area contributed by atoms with E-state index in [1.165, 1.54) is 32.1 Å². The molecular weight excluding hydrogens is 326 g/mol. The molecule has 5 nitrogen and oxygen atoms in total. The van der Waals surface area contributed by atoms with E-state index in [0.29, 0.717) is 18.2 Å². The molecule has 0 atom stereocenters. The number of nitrogens with one attached hydrogen (secondary N) is 1. The van der Waals surface area contributed by atoms with E-state index in [-0.39, 0.29) is 5.91 Å². The fourth-order valence-electron chi connectivity index (χ4n) is 3.50. The standard InChI is InChI=1S/C21H29N3O2/c1-16-15-17(2)24(23-16)19-11-9-18(10-12-19)21(25)22-13-6-14-26-20-7-4-3-5-8-20/h9-12,15,20H,3-8,13-14H2,1-2H3,(H,22,25). The van der Waals surface area contributed by atoms with Crippen molar-refractivity contribution in [2.45, 2.75) is 58.5 Å². The van der Waals surface area contributed by atoms with Crippen LogP contribution in [0.5, 0.6) is 0 Å². The van der Waals surface area contributed by atoms with Gasteiger partial charge in [0.05, 0.1) is 17.5 Å². The van der Waals surface area contributed by atoms with Crippen molar-refractivity contribution in [1.29, 1.82) is 0 Å². The molecule has 2 aromatic rings. The van der Waals surface area contributed by atoms with Gasteiger partial charge in [-0.15, -0.1) is 0 Å². The van der Waals surface area contributed by atoms with Crippen LogP contribution in [0, 0.1) is 13.8 Å². The number of amides is 1. The number of benzene rings is 1. The lowest BCUT2D eigenvalue weighted by Crippen LogP contribution is -2.26. The predicted molar refractivity (Wildman–Crippen MR) is 103 cm³/mol. The van der Waals surface area contributed by atoms with E-state index >= 15 is 0 Å². The maximum atomic E-state index is 12.3. The zero-order chi connectivity index (χ0) is 18.4. The SMILES string of the molecule is Cc1cc(C)n(-c2ccc(C(=O)NCCCOC3CCCCC3)cc2)n1. The first kappa shape index (κ1) is 18.6. The third kappa shape index (κ3) is 4.94. The molecule has 1 saturated carbocycles. The Hall–Kier alpha value is -2.14. The van der Waals surface area contributed by atoms with Crippen molar-refractivity contribution in [2.75, 3.05) is 13.2 Å². The number of carbonyl (C=O) groups excluding carboxylic acids is 1. The maximum Gasteiger partial charge on any atom is 0.251 e. The quantitative estimate of drug-likeness (QED) is 0.765. The van der Waals surface area contributed by atoms with Gasteiger partial charge >= 0.3 is 0 Å². The predicted octanol–water partition coefficient (Wildman–Crippen LogP) is 3.96. The first-order valence-electron chi connectivity index (χ1n) is 9.67. The first-order valence-corrected chi connectivity index (χ1v) is 9.67. The zero-order valence-electron chi connectivity index (χ0n) is 15.8. The van der Waals surface area contributed by atoms with Gasteiger partial charge in [-0.25, -0.2) is 4.68 Å². The molecule has 140 valence electrons. The van der Waals surface area contributed by atoms with E-state index in [0.717, 1.165) is 30.1 Å². The van der Waals surface area contributed by atoms with Gasteiger partial charge in [0.2, 0.25) is 0 Å². The van der Waals surface area contributed by atoms with Gasteiger partial charge in [-0.3, -0.25) is 4.79 Å². The zero-order valence-corrected chi connectivity index (χ0v) is 15.8. The number of carbonyl (C=O) groups is 1. The minimum atomic E-state index is -0.0393. The van der Waals surface area contributed by atoms with Crippen LogP contribution in [0.3, 0.4) is 0 Å². The average molecular weight is 355 g/mol. The second-order valence-electron chi connectivity index (χ2n) is 7.13. The van der Waals surface area contributed by atoms with Gasteiger partial charge in [-0.1, -0.05) is 19.3 Å². The van der Waals surface area contributed by atoms with Crippen molar-refractivity contribution in [1.82, 2.24) is 15.1 Å². The lowest BCUT2D eigenvalue weighted by Gasteiger charge is -2.21. The topological polar surface area (TPSA) is 56.2 Å². The van der Waals surface area contributed by atoms with Crippen molar-refractivity contribution in [3.05, 3.63) is 47.3 Å². The fraction of sp³-hybridized carbons (Fsp3) is 0.524. The molecule has 0 saturated heterocycles. The molecular formula is C21H29N3O2. The van der Waals surface area contributed by atoms with Crippen molar-refractivity contribution in [3.63, 3.8) is 0 Å². The lowest BCUT2D eigenvalue weighted by atomic mass is 9.98. The van der Waals surface area contributed by atoms with E-state index in [4.69, 9.17) is 4.74 Å². The Labute approximate surface area is 155 Å². The van der Waals surface area contributed by atoms with E-state index in [1.807, 2.05) is 48.9 Å². The number of ether oxygens (including phenoxy) is 1. The average Bonchev–Trinajstić information content (AvgIpc) is 3.00. The van der Waals surface area contributed by atoms with Crippen LogP contribution in [-0.4, -0.2) is 34.9 Å². The summed E-state index contributed by atoms with van der Waals surface area (Å²) in [6.45, 7) is 5.37. The van der Waals surface area contributed by atoms with Crippen LogP contribution in [0.25, 0.3) is 5.69 Å². The molecule has 3 rings (SSSR count). The monoisotopic (exact) mass is 355 g/mol. The maximum absolute atomic E-state index is 12.3. The lowest BCUT2D eigenvalue weighted by molar-refractivity contribution is 0.0273.